The molecule has 2 aromatic rings. The SMILES string of the molecule is CN(C)c1cncc(OC2CCN(C(=O)c3cccc(C(F)(F)F)c3)C2)n1. The van der Waals surface area contributed by atoms with E-state index in [-0.39, 0.29) is 18.2 Å². The molecule has 1 aliphatic rings. The Morgan fingerprint density at radius 3 is 2.78 bits per heavy atom. The van der Waals surface area contributed by atoms with E-state index in [9.17, 15) is 18.0 Å². The largest absolute Gasteiger partial charge is 0.471 e. The third kappa shape index (κ3) is 4.47. The number of likely N-dealkylation sites (tertiary alicyclic amines) is 1. The summed E-state index contributed by atoms with van der Waals surface area (Å²) in [6, 6.07) is 4.45. The third-order valence-corrected chi connectivity index (χ3v) is 4.21. The van der Waals surface area contributed by atoms with E-state index in [1.54, 1.807) is 11.1 Å². The first kappa shape index (κ1) is 18.9. The Hall–Kier alpha value is -2.84. The number of amides is 1. The van der Waals surface area contributed by atoms with Crippen LogP contribution in [0.5, 0.6) is 5.88 Å². The molecule has 1 amide bonds. The molecule has 0 spiro atoms. The lowest BCUT2D eigenvalue weighted by Crippen LogP contribution is -2.31. The summed E-state index contributed by atoms with van der Waals surface area (Å²) < 4.78 is 44.3. The van der Waals surface area contributed by atoms with Gasteiger partial charge in [-0.05, 0) is 18.2 Å². The van der Waals surface area contributed by atoms with Gasteiger partial charge in [-0.2, -0.15) is 18.2 Å². The molecule has 144 valence electrons. The summed E-state index contributed by atoms with van der Waals surface area (Å²) >= 11 is 0. The van der Waals surface area contributed by atoms with E-state index < -0.39 is 17.6 Å². The fourth-order valence-corrected chi connectivity index (χ4v) is 2.80. The van der Waals surface area contributed by atoms with Gasteiger partial charge in [0.15, 0.2) is 5.82 Å². The van der Waals surface area contributed by atoms with Crippen LogP contribution in [0, 0.1) is 0 Å². The lowest BCUT2D eigenvalue weighted by molar-refractivity contribution is -0.137. The fourth-order valence-electron chi connectivity index (χ4n) is 2.80. The lowest BCUT2D eigenvalue weighted by atomic mass is 10.1. The smallest absolute Gasteiger partial charge is 0.416 e. The Balaban J connectivity index is 1.66. The van der Waals surface area contributed by atoms with Crippen molar-refractivity contribution < 1.29 is 22.7 Å². The van der Waals surface area contributed by atoms with Crippen LogP contribution in [0.3, 0.4) is 0 Å². The van der Waals surface area contributed by atoms with Crippen LogP contribution in [0.2, 0.25) is 0 Å². The van der Waals surface area contributed by atoms with Gasteiger partial charge in [0.25, 0.3) is 5.91 Å². The highest BCUT2D eigenvalue weighted by Crippen LogP contribution is 2.30. The Bertz CT molecular complexity index is 826. The minimum atomic E-state index is -4.48. The predicted molar refractivity (Wildman–Crippen MR) is 92.7 cm³/mol. The van der Waals surface area contributed by atoms with Gasteiger partial charge in [-0.15, -0.1) is 0 Å². The van der Waals surface area contributed by atoms with Crippen molar-refractivity contribution in [1.82, 2.24) is 14.9 Å². The summed E-state index contributed by atoms with van der Waals surface area (Å²) in [5.41, 5.74) is -0.823. The molecule has 1 aliphatic heterocycles. The van der Waals surface area contributed by atoms with E-state index in [1.807, 2.05) is 14.1 Å². The summed E-state index contributed by atoms with van der Waals surface area (Å²) in [4.78, 5) is 24.2. The summed E-state index contributed by atoms with van der Waals surface area (Å²) in [6.07, 6.45) is -1.11. The first-order valence-electron chi connectivity index (χ1n) is 8.36. The molecule has 1 aromatic carbocycles. The van der Waals surface area contributed by atoms with E-state index in [1.165, 1.54) is 23.2 Å². The summed E-state index contributed by atoms with van der Waals surface area (Å²) in [5.74, 6) is 0.544. The van der Waals surface area contributed by atoms with Crippen LogP contribution in [0.25, 0.3) is 0 Å². The monoisotopic (exact) mass is 380 g/mol. The van der Waals surface area contributed by atoms with Gasteiger partial charge in [-0.25, -0.2) is 0 Å². The molecule has 1 unspecified atom stereocenters. The zero-order chi connectivity index (χ0) is 19.6. The Morgan fingerprint density at radius 1 is 1.30 bits per heavy atom. The number of hydrogen-bond acceptors (Lipinski definition) is 5. The second-order valence-corrected chi connectivity index (χ2v) is 6.47. The Kier molecular flexibility index (Phi) is 5.20. The molecule has 3 rings (SSSR count). The molecule has 0 radical (unpaired) electrons. The molecule has 0 saturated carbocycles. The van der Waals surface area contributed by atoms with Crippen molar-refractivity contribution in [3.05, 3.63) is 47.8 Å². The number of rotatable bonds is 4. The summed E-state index contributed by atoms with van der Waals surface area (Å²) in [6.45, 7) is 0.684. The van der Waals surface area contributed by atoms with Crippen molar-refractivity contribution in [1.29, 1.82) is 0 Å². The maximum absolute atomic E-state index is 12.8. The number of nitrogens with zero attached hydrogens (tertiary/aromatic N) is 4. The number of ether oxygens (including phenoxy) is 1. The standard InChI is InChI=1S/C18H19F3N4O2/c1-24(2)15-9-22-10-16(23-15)27-14-6-7-25(11-14)17(26)12-4-3-5-13(8-12)18(19,20)21/h3-5,8-10,14H,6-7,11H2,1-2H3. The van der Waals surface area contributed by atoms with E-state index in [0.717, 1.165) is 12.1 Å². The number of anilines is 1. The molecular formula is C18H19F3N4O2. The van der Waals surface area contributed by atoms with Crippen LogP contribution in [0.4, 0.5) is 19.0 Å². The highest BCUT2D eigenvalue weighted by atomic mass is 19.4. The zero-order valence-electron chi connectivity index (χ0n) is 14.9. The summed E-state index contributed by atoms with van der Waals surface area (Å²) in [7, 11) is 3.66. The number of carbonyl (C=O) groups excluding carboxylic acids is 1. The van der Waals surface area contributed by atoms with Crippen molar-refractivity contribution in [2.75, 3.05) is 32.1 Å². The lowest BCUT2D eigenvalue weighted by Gasteiger charge is -2.18. The number of benzene rings is 1. The molecule has 6 nitrogen and oxygen atoms in total. The van der Waals surface area contributed by atoms with Crippen molar-refractivity contribution in [2.24, 2.45) is 0 Å². The van der Waals surface area contributed by atoms with Gasteiger partial charge in [0.05, 0.1) is 24.5 Å². The van der Waals surface area contributed by atoms with Crippen LogP contribution in [-0.2, 0) is 6.18 Å². The van der Waals surface area contributed by atoms with Crippen molar-refractivity contribution in [3.63, 3.8) is 0 Å². The average molecular weight is 380 g/mol. The topological polar surface area (TPSA) is 58.6 Å². The number of alkyl halides is 3. The molecule has 2 heterocycles. The van der Waals surface area contributed by atoms with E-state index >= 15 is 0 Å². The molecule has 1 atom stereocenters. The molecule has 27 heavy (non-hydrogen) atoms. The minimum Gasteiger partial charge on any atom is -0.471 e. The number of halogens is 3. The Labute approximate surface area is 154 Å². The van der Waals surface area contributed by atoms with E-state index in [0.29, 0.717) is 24.7 Å². The second-order valence-electron chi connectivity index (χ2n) is 6.47. The molecule has 1 saturated heterocycles. The van der Waals surface area contributed by atoms with Gasteiger partial charge in [0.2, 0.25) is 5.88 Å². The van der Waals surface area contributed by atoms with Gasteiger partial charge in [-0.1, -0.05) is 6.07 Å². The zero-order valence-corrected chi connectivity index (χ0v) is 14.9. The Morgan fingerprint density at radius 2 is 2.07 bits per heavy atom. The number of aromatic nitrogens is 2. The maximum Gasteiger partial charge on any atom is 0.416 e. The van der Waals surface area contributed by atoms with Crippen LogP contribution < -0.4 is 9.64 Å². The van der Waals surface area contributed by atoms with Crippen molar-refractivity contribution in [3.8, 4) is 5.88 Å². The number of carbonyl (C=O) groups is 1. The van der Waals surface area contributed by atoms with Crippen LogP contribution in [0.15, 0.2) is 36.7 Å². The highest BCUT2D eigenvalue weighted by molar-refractivity contribution is 5.94. The van der Waals surface area contributed by atoms with Crippen LogP contribution >= 0.6 is 0 Å². The van der Waals surface area contributed by atoms with Gasteiger partial charge in [0, 0.05) is 32.6 Å². The van der Waals surface area contributed by atoms with Gasteiger partial charge < -0.3 is 14.5 Å². The first-order chi connectivity index (χ1) is 12.7. The van der Waals surface area contributed by atoms with Crippen molar-refractivity contribution in [2.45, 2.75) is 18.7 Å². The predicted octanol–water partition coefficient (Wildman–Crippen LogP) is 2.85. The fraction of sp³-hybridized carbons (Fsp3) is 0.389. The number of hydrogen-bond donors (Lipinski definition) is 0. The molecule has 0 aliphatic carbocycles. The quantitative estimate of drug-likeness (QED) is 0.816. The second kappa shape index (κ2) is 7.42. The van der Waals surface area contributed by atoms with Gasteiger partial charge in [-0.3, -0.25) is 9.78 Å². The van der Waals surface area contributed by atoms with E-state index in [4.69, 9.17) is 4.74 Å². The molecule has 1 fully saturated rings. The third-order valence-electron chi connectivity index (χ3n) is 4.21. The van der Waals surface area contributed by atoms with Gasteiger partial charge >= 0.3 is 6.18 Å². The minimum absolute atomic E-state index is 0.0138. The summed E-state index contributed by atoms with van der Waals surface area (Å²) in [5, 5.41) is 0. The van der Waals surface area contributed by atoms with Crippen LogP contribution in [-0.4, -0.2) is 54.1 Å². The van der Waals surface area contributed by atoms with Gasteiger partial charge in [0.1, 0.15) is 6.10 Å². The van der Waals surface area contributed by atoms with Crippen molar-refractivity contribution >= 4 is 11.7 Å². The average Bonchev–Trinajstić information content (AvgIpc) is 3.09. The normalized spacial score (nSPS) is 17.1. The molecule has 1 aromatic heterocycles. The van der Waals surface area contributed by atoms with Crippen LogP contribution in [0.1, 0.15) is 22.3 Å². The molecular weight excluding hydrogens is 361 g/mol. The maximum atomic E-state index is 12.8. The molecule has 9 heteroatoms. The highest BCUT2D eigenvalue weighted by Gasteiger charge is 2.33. The molecule has 0 bridgehead atoms. The molecule has 0 N–H and O–H groups in total. The first-order valence-corrected chi connectivity index (χ1v) is 8.36. The van der Waals surface area contributed by atoms with E-state index in [2.05, 4.69) is 9.97 Å².